The van der Waals surface area contributed by atoms with Gasteiger partial charge in [0.15, 0.2) is 0 Å². The molecule has 8 aromatic carbocycles. The van der Waals surface area contributed by atoms with E-state index in [2.05, 4.69) is 224 Å². The lowest BCUT2D eigenvalue weighted by atomic mass is 9.77. The van der Waals surface area contributed by atoms with Gasteiger partial charge in [-0.1, -0.05) is 153 Å². The van der Waals surface area contributed by atoms with E-state index in [0.717, 1.165) is 29.9 Å². The molecule has 8 aromatic rings. The first-order valence-electron chi connectivity index (χ1n) is 20.6. The van der Waals surface area contributed by atoms with Crippen LogP contribution in [0.5, 0.6) is 0 Å². The number of allylic oxidation sites excluding steroid dienone is 1. The van der Waals surface area contributed by atoms with Crippen LogP contribution in [-0.2, 0) is 6.42 Å². The molecule has 11 rings (SSSR count). The summed E-state index contributed by atoms with van der Waals surface area (Å²) in [5.41, 5.74) is 16.4. The van der Waals surface area contributed by atoms with Crippen molar-refractivity contribution in [3.63, 3.8) is 0 Å². The Bertz CT molecular complexity index is 3010. The summed E-state index contributed by atoms with van der Waals surface area (Å²) < 4.78 is 0. The fraction of sp³-hybridized carbons (Fsp3) is 0.107. The van der Waals surface area contributed by atoms with E-state index in [-0.39, 0.29) is 5.54 Å². The molecule has 2 heteroatoms. The predicted molar refractivity (Wildman–Crippen MR) is 246 cm³/mol. The first-order chi connectivity index (χ1) is 28.5. The van der Waals surface area contributed by atoms with Crippen LogP contribution in [0.4, 0.5) is 28.4 Å². The summed E-state index contributed by atoms with van der Waals surface area (Å²) in [7, 11) is 0. The van der Waals surface area contributed by atoms with Crippen molar-refractivity contribution in [3.8, 4) is 22.3 Å². The highest BCUT2D eigenvalue weighted by Crippen LogP contribution is 2.54. The Kier molecular flexibility index (Phi) is 8.08. The van der Waals surface area contributed by atoms with Crippen molar-refractivity contribution in [2.45, 2.75) is 32.2 Å². The summed E-state index contributed by atoms with van der Waals surface area (Å²) in [6.45, 7) is 4.79. The molecule has 0 saturated heterocycles. The minimum Gasteiger partial charge on any atom is -0.331 e. The van der Waals surface area contributed by atoms with E-state index >= 15 is 0 Å². The van der Waals surface area contributed by atoms with Crippen molar-refractivity contribution in [2.24, 2.45) is 5.92 Å². The van der Waals surface area contributed by atoms with Crippen LogP contribution in [0.25, 0.3) is 50.8 Å². The number of nitrogens with zero attached hydrogens (tertiary/aromatic N) is 2. The number of para-hydroxylation sites is 1. The van der Waals surface area contributed by atoms with Crippen molar-refractivity contribution in [1.29, 1.82) is 0 Å². The molecule has 0 radical (unpaired) electrons. The molecule has 1 aliphatic heterocycles. The summed E-state index contributed by atoms with van der Waals surface area (Å²) in [6.07, 6.45) is 9.18. The van der Waals surface area contributed by atoms with Gasteiger partial charge >= 0.3 is 0 Å². The fourth-order valence-electron chi connectivity index (χ4n) is 9.95. The molecular weight excluding hydrogens is 701 g/mol. The van der Waals surface area contributed by atoms with Crippen molar-refractivity contribution in [1.82, 2.24) is 0 Å². The van der Waals surface area contributed by atoms with Crippen LogP contribution in [-0.4, -0.2) is 5.54 Å². The second kappa shape index (κ2) is 13.6. The number of anilines is 5. The van der Waals surface area contributed by atoms with Gasteiger partial charge in [0.25, 0.3) is 0 Å². The van der Waals surface area contributed by atoms with Crippen molar-refractivity contribution in [3.05, 3.63) is 215 Å². The van der Waals surface area contributed by atoms with Gasteiger partial charge in [-0.3, -0.25) is 0 Å². The first-order valence-corrected chi connectivity index (χ1v) is 20.6. The Hall–Kier alpha value is -6.90. The summed E-state index contributed by atoms with van der Waals surface area (Å²) in [5, 5.41) is 5.25. The zero-order valence-corrected chi connectivity index (χ0v) is 32.9. The van der Waals surface area contributed by atoms with E-state index in [1.165, 1.54) is 77.1 Å². The summed E-state index contributed by atoms with van der Waals surface area (Å²) in [5.74, 6) is 0.525. The average Bonchev–Trinajstić information content (AvgIpc) is 3.56. The quantitative estimate of drug-likeness (QED) is 0.167. The molecule has 2 atom stereocenters. The molecule has 2 nitrogen and oxygen atoms in total. The maximum Gasteiger partial charge on any atom is 0.0721 e. The predicted octanol–water partition coefficient (Wildman–Crippen LogP) is 13.1. The lowest BCUT2D eigenvalue weighted by Crippen LogP contribution is -2.47. The Morgan fingerprint density at radius 2 is 1.22 bits per heavy atom. The molecule has 278 valence electrons. The Labute approximate surface area is 341 Å². The molecule has 1 heterocycles. The molecule has 0 N–H and O–H groups in total. The van der Waals surface area contributed by atoms with Gasteiger partial charge in [-0.05, 0) is 140 Å². The van der Waals surface area contributed by atoms with Crippen LogP contribution >= 0.6 is 0 Å². The highest BCUT2D eigenvalue weighted by atomic mass is 15.2. The monoisotopic (exact) mass is 744 g/mol. The van der Waals surface area contributed by atoms with E-state index < -0.39 is 0 Å². The molecule has 0 saturated carbocycles. The SMILES string of the molecule is CC1C=Cc2ccc3c(c2C1)C1=c2ccccc2=CCC1(C)N3c1ccc(-c2ccc(N(c3ccccc3)c3ccc(-c4cccc5ccccc45)cc3)cc2)cc1. The van der Waals surface area contributed by atoms with E-state index in [1.807, 2.05) is 0 Å². The minimum absolute atomic E-state index is 0.187. The Morgan fingerprint density at radius 1 is 0.586 bits per heavy atom. The average molecular weight is 745 g/mol. The third-order valence-electron chi connectivity index (χ3n) is 12.8. The number of hydrogen-bond donors (Lipinski definition) is 0. The van der Waals surface area contributed by atoms with Gasteiger partial charge in [-0.15, -0.1) is 0 Å². The molecule has 0 fully saturated rings. The van der Waals surface area contributed by atoms with E-state index in [1.54, 1.807) is 0 Å². The highest BCUT2D eigenvalue weighted by Gasteiger charge is 2.47. The van der Waals surface area contributed by atoms with Crippen molar-refractivity contribution >= 4 is 56.9 Å². The number of rotatable bonds is 6. The lowest BCUT2D eigenvalue weighted by molar-refractivity contribution is 0.617. The van der Waals surface area contributed by atoms with E-state index in [9.17, 15) is 0 Å². The minimum atomic E-state index is -0.187. The van der Waals surface area contributed by atoms with Crippen LogP contribution in [0, 0.1) is 5.92 Å². The standard InChI is InChI=1S/C56H44N2/c1-38-19-20-44-27-34-53-54(52(44)37-38)55-51-17-9-7-12-42(51)35-36-56(55,2)58(53)48-32-23-40(24-33-48)39-21-28-46(29-22-39)57(45-14-4-3-5-15-45)47-30-25-43(26-31-47)50-18-10-13-41-11-6-8-16-49(41)50/h3-35,38H,36-37H2,1-2H3. The van der Waals surface area contributed by atoms with Crippen LogP contribution in [0.1, 0.15) is 37.0 Å². The van der Waals surface area contributed by atoms with Gasteiger partial charge in [0.1, 0.15) is 0 Å². The molecule has 2 aliphatic carbocycles. The lowest BCUT2D eigenvalue weighted by Gasteiger charge is -2.39. The first kappa shape index (κ1) is 34.4. The summed E-state index contributed by atoms with van der Waals surface area (Å²) >= 11 is 0. The van der Waals surface area contributed by atoms with Crippen LogP contribution in [0.3, 0.4) is 0 Å². The van der Waals surface area contributed by atoms with Crippen molar-refractivity contribution in [2.75, 3.05) is 9.80 Å². The maximum absolute atomic E-state index is 2.63. The molecule has 2 unspecified atom stereocenters. The topological polar surface area (TPSA) is 6.48 Å². The molecule has 3 aliphatic rings. The second-order valence-corrected chi connectivity index (χ2v) is 16.4. The second-order valence-electron chi connectivity index (χ2n) is 16.4. The fourth-order valence-corrected chi connectivity index (χ4v) is 9.95. The molecule has 0 spiro atoms. The smallest absolute Gasteiger partial charge is 0.0721 e. The number of benzene rings is 8. The molecule has 0 bridgehead atoms. The Balaban J connectivity index is 0.933. The molecular formula is C56H44N2. The molecule has 58 heavy (non-hydrogen) atoms. The third kappa shape index (κ3) is 5.55. The maximum atomic E-state index is 2.63. The van der Waals surface area contributed by atoms with Crippen molar-refractivity contribution < 1.29 is 0 Å². The zero-order valence-electron chi connectivity index (χ0n) is 32.9. The molecule has 0 aromatic heterocycles. The van der Waals surface area contributed by atoms with Gasteiger partial charge in [-0.25, -0.2) is 0 Å². The van der Waals surface area contributed by atoms with Crippen LogP contribution < -0.4 is 20.2 Å². The van der Waals surface area contributed by atoms with Crippen LogP contribution in [0.2, 0.25) is 0 Å². The highest BCUT2D eigenvalue weighted by molar-refractivity contribution is 5.99. The Morgan fingerprint density at radius 3 is 2.00 bits per heavy atom. The third-order valence-corrected chi connectivity index (χ3v) is 12.8. The van der Waals surface area contributed by atoms with Gasteiger partial charge in [0.2, 0.25) is 0 Å². The van der Waals surface area contributed by atoms with Crippen LogP contribution in [0.15, 0.2) is 188 Å². The summed E-state index contributed by atoms with van der Waals surface area (Å²) in [6, 6.07) is 66.8. The normalized spacial score (nSPS) is 17.6. The molecule has 0 amide bonds. The van der Waals surface area contributed by atoms with Gasteiger partial charge in [0.05, 0.1) is 5.54 Å². The van der Waals surface area contributed by atoms with E-state index in [4.69, 9.17) is 0 Å². The van der Waals surface area contributed by atoms with Gasteiger partial charge in [0, 0.05) is 34.0 Å². The number of hydrogen-bond acceptors (Lipinski definition) is 2. The van der Waals surface area contributed by atoms with Gasteiger partial charge in [-0.2, -0.15) is 0 Å². The summed E-state index contributed by atoms with van der Waals surface area (Å²) in [4.78, 5) is 4.97. The number of fused-ring (bicyclic) bond motifs is 7. The zero-order chi connectivity index (χ0) is 38.8. The van der Waals surface area contributed by atoms with E-state index in [0.29, 0.717) is 5.92 Å². The largest absolute Gasteiger partial charge is 0.331 e. The van der Waals surface area contributed by atoms with Gasteiger partial charge < -0.3 is 9.80 Å².